The van der Waals surface area contributed by atoms with Crippen molar-refractivity contribution in [2.75, 3.05) is 44.2 Å². The number of hydrogen-bond acceptors (Lipinski definition) is 5. The Bertz CT molecular complexity index is 382. The average Bonchev–Trinajstić information content (AvgIpc) is 2.46. The lowest BCUT2D eigenvalue weighted by Gasteiger charge is -2.36. The maximum Gasteiger partial charge on any atom is 0.147 e. The molecule has 5 heteroatoms. The van der Waals surface area contributed by atoms with Crippen molar-refractivity contribution in [3.63, 3.8) is 0 Å². The summed E-state index contributed by atoms with van der Waals surface area (Å²) in [6.45, 7) is 14.0. The van der Waals surface area contributed by atoms with Crippen molar-refractivity contribution in [3.8, 4) is 0 Å². The molecule has 0 aromatic carbocycles. The number of nitrogens with zero attached hydrogens (tertiary/aromatic N) is 4. The minimum absolute atomic E-state index is 0.742. The number of nitrogens with one attached hydrogen (secondary N) is 1. The van der Waals surface area contributed by atoms with Crippen LogP contribution in [0, 0.1) is 5.92 Å². The van der Waals surface area contributed by atoms with Crippen LogP contribution in [0.15, 0.2) is 12.4 Å². The quantitative estimate of drug-likeness (QED) is 0.850. The van der Waals surface area contributed by atoms with E-state index < -0.39 is 0 Å². The molecule has 112 valence electrons. The first-order valence-corrected chi connectivity index (χ1v) is 7.68. The van der Waals surface area contributed by atoms with Crippen LogP contribution in [-0.4, -0.2) is 54.1 Å². The molecule has 0 aliphatic carbocycles. The van der Waals surface area contributed by atoms with Gasteiger partial charge in [0.2, 0.25) is 0 Å². The summed E-state index contributed by atoms with van der Waals surface area (Å²) in [5.41, 5.74) is 1.01. The van der Waals surface area contributed by atoms with Crippen LogP contribution in [0.3, 0.4) is 0 Å². The zero-order valence-electron chi connectivity index (χ0n) is 13.0. The number of hydrogen-bond donors (Lipinski definition) is 1. The van der Waals surface area contributed by atoms with Gasteiger partial charge in [-0.3, -0.25) is 9.88 Å². The van der Waals surface area contributed by atoms with E-state index >= 15 is 0 Å². The van der Waals surface area contributed by atoms with Gasteiger partial charge in [0, 0.05) is 39.3 Å². The van der Waals surface area contributed by atoms with Crippen molar-refractivity contribution in [3.05, 3.63) is 18.1 Å². The summed E-state index contributed by atoms with van der Waals surface area (Å²) in [6.07, 6.45) is 3.79. The third-order valence-electron chi connectivity index (χ3n) is 3.57. The van der Waals surface area contributed by atoms with E-state index in [9.17, 15) is 0 Å². The van der Waals surface area contributed by atoms with Crippen molar-refractivity contribution in [1.29, 1.82) is 0 Å². The second-order valence-electron chi connectivity index (χ2n) is 5.83. The Labute approximate surface area is 122 Å². The van der Waals surface area contributed by atoms with Crippen molar-refractivity contribution in [1.82, 2.24) is 20.2 Å². The molecule has 0 radical (unpaired) electrons. The number of anilines is 1. The molecule has 0 unspecified atom stereocenters. The zero-order chi connectivity index (χ0) is 14.4. The van der Waals surface area contributed by atoms with Crippen molar-refractivity contribution in [2.24, 2.45) is 5.92 Å². The molecule has 1 N–H and O–H groups in total. The molecule has 0 spiro atoms. The van der Waals surface area contributed by atoms with Crippen LogP contribution >= 0.6 is 0 Å². The number of rotatable bonds is 6. The molecule has 1 aliphatic heterocycles. The summed E-state index contributed by atoms with van der Waals surface area (Å²) < 4.78 is 0. The molecule has 1 saturated heterocycles. The van der Waals surface area contributed by atoms with Crippen molar-refractivity contribution >= 4 is 5.82 Å². The second-order valence-corrected chi connectivity index (χ2v) is 5.83. The molecule has 2 rings (SSSR count). The van der Waals surface area contributed by atoms with Crippen molar-refractivity contribution < 1.29 is 0 Å². The molecule has 20 heavy (non-hydrogen) atoms. The van der Waals surface area contributed by atoms with Gasteiger partial charge in [-0.2, -0.15) is 0 Å². The number of aromatic nitrogens is 2. The van der Waals surface area contributed by atoms with Crippen molar-refractivity contribution in [2.45, 2.75) is 27.3 Å². The monoisotopic (exact) mass is 277 g/mol. The van der Waals surface area contributed by atoms with Crippen LogP contribution < -0.4 is 10.2 Å². The highest BCUT2D eigenvalue weighted by atomic mass is 15.3. The predicted molar refractivity (Wildman–Crippen MR) is 82.9 cm³/mol. The summed E-state index contributed by atoms with van der Waals surface area (Å²) in [6, 6.07) is 0. The van der Waals surface area contributed by atoms with Gasteiger partial charge in [0.25, 0.3) is 0 Å². The zero-order valence-corrected chi connectivity index (χ0v) is 13.0. The molecule has 0 atom stereocenters. The number of piperazine rings is 1. The minimum Gasteiger partial charge on any atom is -0.353 e. The fourth-order valence-corrected chi connectivity index (χ4v) is 2.53. The topological polar surface area (TPSA) is 44.3 Å². The van der Waals surface area contributed by atoms with Gasteiger partial charge in [0.1, 0.15) is 5.82 Å². The van der Waals surface area contributed by atoms with E-state index in [1.54, 1.807) is 0 Å². The lowest BCUT2D eigenvalue weighted by atomic mass is 10.2. The van der Waals surface area contributed by atoms with Gasteiger partial charge in [-0.25, -0.2) is 4.98 Å². The van der Waals surface area contributed by atoms with Gasteiger partial charge in [0.05, 0.1) is 18.1 Å². The lowest BCUT2D eigenvalue weighted by molar-refractivity contribution is 0.231. The van der Waals surface area contributed by atoms with Gasteiger partial charge in [-0.1, -0.05) is 20.8 Å². The first kappa shape index (κ1) is 15.2. The van der Waals surface area contributed by atoms with Gasteiger partial charge in [0.15, 0.2) is 0 Å². The van der Waals surface area contributed by atoms with Crippen LogP contribution in [0.25, 0.3) is 0 Å². The Morgan fingerprint density at radius 3 is 2.45 bits per heavy atom. The van der Waals surface area contributed by atoms with E-state index in [0.717, 1.165) is 56.7 Å². The molecular weight excluding hydrogens is 250 g/mol. The highest BCUT2D eigenvalue weighted by Crippen LogP contribution is 2.13. The van der Waals surface area contributed by atoms with E-state index in [2.05, 4.69) is 45.9 Å². The Kier molecular flexibility index (Phi) is 5.73. The molecule has 1 aromatic rings. The standard InChI is InChI=1S/C15H27N5/c1-4-16-9-14-10-18-15(11-17-14)20-7-5-19(6-8-20)12-13(2)3/h10-11,13,16H,4-9,12H2,1-3H3. The largest absolute Gasteiger partial charge is 0.353 e. The highest BCUT2D eigenvalue weighted by Gasteiger charge is 2.18. The van der Waals surface area contributed by atoms with Crippen LogP contribution in [-0.2, 0) is 6.54 Å². The van der Waals surface area contributed by atoms with E-state index in [1.807, 2.05) is 12.4 Å². The molecule has 1 aromatic heterocycles. The fraction of sp³-hybridized carbons (Fsp3) is 0.733. The molecule has 0 amide bonds. The van der Waals surface area contributed by atoms with E-state index in [1.165, 1.54) is 6.54 Å². The Morgan fingerprint density at radius 2 is 1.90 bits per heavy atom. The maximum atomic E-state index is 4.55. The molecule has 1 aliphatic rings. The Hall–Kier alpha value is -1.20. The lowest BCUT2D eigenvalue weighted by Crippen LogP contribution is -2.47. The summed E-state index contributed by atoms with van der Waals surface area (Å²) in [7, 11) is 0. The first-order chi connectivity index (χ1) is 9.69. The molecule has 1 fully saturated rings. The maximum absolute atomic E-state index is 4.55. The Balaban J connectivity index is 1.84. The summed E-state index contributed by atoms with van der Waals surface area (Å²) >= 11 is 0. The average molecular weight is 277 g/mol. The smallest absolute Gasteiger partial charge is 0.147 e. The first-order valence-electron chi connectivity index (χ1n) is 7.68. The second kappa shape index (κ2) is 7.55. The van der Waals surface area contributed by atoms with Gasteiger partial charge in [-0.15, -0.1) is 0 Å². The third-order valence-corrected chi connectivity index (χ3v) is 3.57. The summed E-state index contributed by atoms with van der Waals surface area (Å²) in [5.74, 6) is 1.75. The minimum atomic E-state index is 0.742. The third kappa shape index (κ3) is 4.42. The predicted octanol–water partition coefficient (Wildman–Crippen LogP) is 1.36. The SMILES string of the molecule is CCNCc1cnc(N2CCN(CC(C)C)CC2)cn1. The van der Waals surface area contributed by atoms with E-state index in [4.69, 9.17) is 0 Å². The molecule has 0 saturated carbocycles. The van der Waals surface area contributed by atoms with Crippen LogP contribution in [0.5, 0.6) is 0 Å². The van der Waals surface area contributed by atoms with Crippen LogP contribution in [0.1, 0.15) is 26.5 Å². The van der Waals surface area contributed by atoms with Gasteiger partial charge < -0.3 is 10.2 Å². The Morgan fingerprint density at radius 1 is 1.15 bits per heavy atom. The normalized spacial score (nSPS) is 16.9. The molecular formula is C15H27N5. The van der Waals surface area contributed by atoms with Gasteiger partial charge >= 0.3 is 0 Å². The van der Waals surface area contributed by atoms with Gasteiger partial charge in [-0.05, 0) is 12.5 Å². The highest BCUT2D eigenvalue weighted by molar-refractivity contribution is 5.36. The molecule has 5 nitrogen and oxygen atoms in total. The van der Waals surface area contributed by atoms with E-state index in [0.29, 0.717) is 0 Å². The molecule has 2 heterocycles. The van der Waals surface area contributed by atoms with Crippen LogP contribution in [0.4, 0.5) is 5.82 Å². The van der Waals surface area contributed by atoms with Crippen LogP contribution in [0.2, 0.25) is 0 Å². The van der Waals surface area contributed by atoms with E-state index in [-0.39, 0.29) is 0 Å². The summed E-state index contributed by atoms with van der Waals surface area (Å²) in [4.78, 5) is 13.9. The fourth-order valence-electron chi connectivity index (χ4n) is 2.53. The summed E-state index contributed by atoms with van der Waals surface area (Å²) in [5, 5.41) is 3.26. The molecule has 0 bridgehead atoms.